The average molecular weight is 270 g/mol. The number of hydrogen-bond acceptors (Lipinski definition) is 2. The van der Waals surface area contributed by atoms with E-state index < -0.39 is 8.32 Å². The summed E-state index contributed by atoms with van der Waals surface area (Å²) in [7, 11) is -2.05. The van der Waals surface area contributed by atoms with Crippen molar-refractivity contribution < 1.29 is 9.22 Å². The molecule has 0 rings (SSSR count). The van der Waals surface area contributed by atoms with Gasteiger partial charge in [-0.25, -0.2) is 4.79 Å². The summed E-state index contributed by atoms with van der Waals surface area (Å²) in [4.78, 5) is 11.9. The lowest BCUT2D eigenvalue weighted by atomic mass is 10.2. The fraction of sp³-hybridized carbons (Fsp3) is 0.800. The maximum atomic E-state index is 11.9. The molecule has 0 atom stereocenters. The lowest BCUT2D eigenvalue weighted by Crippen LogP contribution is -2.46. The van der Waals surface area contributed by atoms with Gasteiger partial charge in [-0.3, -0.25) is 0 Å². The van der Waals surface area contributed by atoms with Crippen LogP contribution in [0.4, 0.5) is 0 Å². The predicted molar refractivity (Wildman–Crippen MR) is 81.1 cm³/mol. The lowest BCUT2D eigenvalue weighted by molar-refractivity contribution is -0.131. The topological polar surface area (TPSA) is 26.3 Å². The monoisotopic (exact) mass is 270 g/mol. The smallest absolute Gasteiger partial charge is 0.319 e. The first kappa shape index (κ1) is 17.4. The highest BCUT2D eigenvalue weighted by atomic mass is 28.4. The van der Waals surface area contributed by atoms with Gasteiger partial charge < -0.3 is 4.43 Å². The minimum atomic E-state index is -2.05. The van der Waals surface area contributed by atoms with E-state index in [0.717, 1.165) is 12.5 Å². The number of carbonyl (C=O) groups excluding carboxylic acids is 1. The highest BCUT2D eigenvalue weighted by molar-refractivity contribution is 6.77. The van der Waals surface area contributed by atoms with Gasteiger partial charge in [-0.2, -0.15) is 0 Å². The van der Waals surface area contributed by atoms with Crippen LogP contribution >= 0.6 is 0 Å². The molecular formula is C15H30O2Si. The van der Waals surface area contributed by atoms with Gasteiger partial charge in [-0.15, -0.1) is 0 Å². The molecule has 0 aromatic heterocycles. The van der Waals surface area contributed by atoms with Gasteiger partial charge >= 0.3 is 5.97 Å². The number of rotatable bonds is 7. The van der Waals surface area contributed by atoms with E-state index in [1.807, 2.05) is 0 Å². The van der Waals surface area contributed by atoms with Crippen LogP contribution in [0.2, 0.25) is 17.1 Å². The predicted octanol–water partition coefficient (Wildman–Crippen LogP) is 4.92. The number of hydrogen-bond donors (Lipinski definition) is 0. The van der Waals surface area contributed by atoms with Crippen molar-refractivity contribution in [1.29, 1.82) is 0 Å². The molecule has 0 spiro atoms. The second-order valence-corrected chi connectivity index (χ2v) is 11.3. The van der Waals surface area contributed by atoms with Crippen LogP contribution in [0.1, 0.15) is 54.9 Å². The molecule has 0 aliphatic rings. The zero-order chi connectivity index (χ0) is 14.5. The first-order valence-electron chi connectivity index (χ1n) is 7.02. The summed E-state index contributed by atoms with van der Waals surface area (Å²) >= 11 is 0. The van der Waals surface area contributed by atoms with E-state index in [1.54, 1.807) is 6.92 Å². The van der Waals surface area contributed by atoms with Crippen LogP contribution in [-0.2, 0) is 9.22 Å². The molecule has 0 fully saturated rings. The van der Waals surface area contributed by atoms with Crippen molar-refractivity contribution in [3.05, 3.63) is 12.2 Å². The zero-order valence-electron chi connectivity index (χ0n) is 13.2. The molecule has 18 heavy (non-hydrogen) atoms. The molecule has 0 radical (unpaired) electrons. The van der Waals surface area contributed by atoms with Crippen LogP contribution in [0.3, 0.4) is 0 Å². The Kier molecular flexibility index (Phi) is 6.90. The quantitative estimate of drug-likeness (QED) is 0.485. The molecule has 0 saturated carbocycles. The highest BCUT2D eigenvalue weighted by Crippen LogP contribution is 2.39. The summed E-state index contributed by atoms with van der Waals surface area (Å²) in [6.07, 6.45) is 1.13. The van der Waals surface area contributed by atoms with Crippen molar-refractivity contribution in [2.45, 2.75) is 72.0 Å². The molecule has 2 nitrogen and oxygen atoms in total. The van der Waals surface area contributed by atoms with Gasteiger partial charge in [0.15, 0.2) is 0 Å². The van der Waals surface area contributed by atoms with E-state index in [0.29, 0.717) is 22.6 Å². The maximum Gasteiger partial charge on any atom is 0.319 e. The fourth-order valence-corrected chi connectivity index (χ4v) is 6.91. The summed E-state index contributed by atoms with van der Waals surface area (Å²) in [6, 6.07) is 1.05. The van der Waals surface area contributed by atoms with E-state index >= 15 is 0 Å². The third-order valence-corrected chi connectivity index (χ3v) is 9.24. The molecule has 106 valence electrons. The largest absolute Gasteiger partial charge is 0.515 e. The zero-order valence-corrected chi connectivity index (χ0v) is 14.2. The van der Waals surface area contributed by atoms with E-state index in [1.165, 1.54) is 0 Å². The van der Waals surface area contributed by atoms with Crippen LogP contribution in [0, 0.1) is 5.92 Å². The highest BCUT2D eigenvalue weighted by Gasteiger charge is 2.44. The minimum absolute atomic E-state index is 0.201. The van der Waals surface area contributed by atoms with Crippen molar-refractivity contribution in [2.75, 3.05) is 0 Å². The van der Waals surface area contributed by atoms with Crippen LogP contribution in [0.15, 0.2) is 12.2 Å². The normalized spacial score (nSPS) is 12.3. The van der Waals surface area contributed by atoms with E-state index in [4.69, 9.17) is 4.43 Å². The third-order valence-electron chi connectivity index (χ3n) is 3.70. The van der Waals surface area contributed by atoms with Gasteiger partial charge in [0.05, 0.1) is 0 Å². The summed E-state index contributed by atoms with van der Waals surface area (Å²) in [5.41, 5.74) is 1.40. The summed E-state index contributed by atoms with van der Waals surface area (Å²) in [5.74, 6) is 0.450. The SMILES string of the molecule is C=C(C)C(=O)O[Si](CCC(C)C)(C(C)C)C(C)C. The van der Waals surface area contributed by atoms with Crippen LogP contribution < -0.4 is 0 Å². The van der Waals surface area contributed by atoms with Crippen molar-refractivity contribution >= 4 is 14.3 Å². The van der Waals surface area contributed by atoms with Gasteiger partial charge in [0, 0.05) is 5.57 Å². The minimum Gasteiger partial charge on any atom is -0.515 e. The first-order chi connectivity index (χ1) is 8.13. The van der Waals surface area contributed by atoms with Crippen molar-refractivity contribution in [3.63, 3.8) is 0 Å². The van der Waals surface area contributed by atoms with Crippen LogP contribution in [-0.4, -0.2) is 14.3 Å². The Morgan fingerprint density at radius 1 is 1.11 bits per heavy atom. The van der Waals surface area contributed by atoms with E-state index in [-0.39, 0.29) is 5.97 Å². The third kappa shape index (κ3) is 4.60. The Balaban J connectivity index is 5.09. The molecule has 0 bridgehead atoms. The lowest BCUT2D eigenvalue weighted by Gasteiger charge is -2.38. The Morgan fingerprint density at radius 3 is 1.83 bits per heavy atom. The Morgan fingerprint density at radius 2 is 1.56 bits per heavy atom. The van der Waals surface area contributed by atoms with Gasteiger partial charge in [-0.05, 0) is 30.0 Å². The molecular weight excluding hydrogens is 240 g/mol. The Bertz CT molecular complexity index is 285. The number of carbonyl (C=O) groups is 1. The fourth-order valence-electron chi connectivity index (χ4n) is 2.30. The van der Waals surface area contributed by atoms with Crippen LogP contribution in [0.25, 0.3) is 0 Å². The molecule has 0 aromatic carbocycles. The molecule has 0 saturated heterocycles. The van der Waals surface area contributed by atoms with Crippen molar-refractivity contribution in [1.82, 2.24) is 0 Å². The van der Waals surface area contributed by atoms with E-state index in [2.05, 4.69) is 48.1 Å². The van der Waals surface area contributed by atoms with Gasteiger partial charge in [0.25, 0.3) is 8.32 Å². The van der Waals surface area contributed by atoms with Gasteiger partial charge in [-0.1, -0.05) is 54.5 Å². The molecule has 0 amide bonds. The Hall–Kier alpha value is -0.573. The molecule has 0 aliphatic heterocycles. The molecule has 3 heteroatoms. The van der Waals surface area contributed by atoms with Crippen LogP contribution in [0.5, 0.6) is 0 Å². The maximum absolute atomic E-state index is 11.9. The second-order valence-electron chi connectivity index (χ2n) is 6.37. The Labute approximate surface area is 114 Å². The molecule has 0 aromatic rings. The van der Waals surface area contributed by atoms with Crippen molar-refractivity contribution in [2.24, 2.45) is 5.92 Å². The van der Waals surface area contributed by atoms with Gasteiger partial charge in [0.1, 0.15) is 0 Å². The van der Waals surface area contributed by atoms with Gasteiger partial charge in [0.2, 0.25) is 0 Å². The molecule has 0 heterocycles. The van der Waals surface area contributed by atoms with Crippen molar-refractivity contribution in [3.8, 4) is 0 Å². The summed E-state index contributed by atoms with van der Waals surface area (Å²) in [5, 5.41) is 0. The first-order valence-corrected chi connectivity index (χ1v) is 9.29. The standard InChI is InChI=1S/C15H30O2Si/c1-11(2)9-10-18(13(5)6,14(7)8)17-15(16)12(3)4/h11,13-14H,3,9-10H2,1-2,4-8H3. The molecule has 0 unspecified atom stereocenters. The average Bonchev–Trinajstić information content (AvgIpc) is 2.22. The summed E-state index contributed by atoms with van der Waals surface area (Å²) < 4.78 is 5.97. The summed E-state index contributed by atoms with van der Waals surface area (Å²) in [6.45, 7) is 18.6. The molecule has 0 aliphatic carbocycles. The molecule has 0 N–H and O–H groups in total. The second kappa shape index (κ2) is 7.12. The van der Waals surface area contributed by atoms with E-state index in [9.17, 15) is 4.79 Å².